The van der Waals surface area contributed by atoms with Crippen LogP contribution in [0.4, 0.5) is 4.79 Å². The molecule has 3 heterocycles. The summed E-state index contributed by atoms with van der Waals surface area (Å²) in [5.41, 5.74) is 1.92. The Morgan fingerprint density at radius 2 is 1.71 bits per heavy atom. The Bertz CT molecular complexity index is 1160. The second-order valence-electron chi connectivity index (χ2n) is 12.6. The van der Waals surface area contributed by atoms with Crippen molar-refractivity contribution in [2.75, 3.05) is 13.7 Å². The van der Waals surface area contributed by atoms with E-state index >= 15 is 0 Å². The van der Waals surface area contributed by atoms with Crippen molar-refractivity contribution in [2.45, 2.75) is 85.1 Å². The molecule has 2 fully saturated rings. The fourth-order valence-electron chi connectivity index (χ4n) is 5.08. The third-order valence-corrected chi connectivity index (χ3v) is 8.05. The van der Waals surface area contributed by atoms with Crippen molar-refractivity contribution in [2.24, 2.45) is 11.3 Å². The fraction of sp³-hybridized carbons (Fsp3) is 0.607. The molecule has 0 radical (unpaired) electrons. The SMILES string of the molecule is COC(=O)N[C@H](C(=O)N1CC(C)(C)C[C@H]1c1ncc(-c2ccc(B3OC(C)(C)C(C)(C)O3)cc2)[nH]1)C(C)C. The first kappa shape index (κ1) is 28.2. The Hall–Kier alpha value is -2.85. The number of methoxy groups -OCH3 is 1. The van der Waals surface area contributed by atoms with Gasteiger partial charge in [0.15, 0.2) is 0 Å². The topological polar surface area (TPSA) is 106 Å². The van der Waals surface area contributed by atoms with E-state index in [-0.39, 0.29) is 23.3 Å². The molecule has 0 unspecified atom stereocenters. The average molecular weight is 524 g/mol. The Morgan fingerprint density at radius 3 is 2.26 bits per heavy atom. The highest BCUT2D eigenvalue weighted by Crippen LogP contribution is 2.42. The molecule has 38 heavy (non-hydrogen) atoms. The number of aromatic amines is 1. The molecule has 2 atom stereocenters. The zero-order valence-electron chi connectivity index (χ0n) is 24.0. The van der Waals surface area contributed by atoms with Gasteiger partial charge in [0.05, 0.1) is 36.2 Å². The van der Waals surface area contributed by atoms with E-state index in [9.17, 15) is 9.59 Å². The lowest BCUT2D eigenvalue weighted by atomic mass is 9.79. The number of nitrogens with zero attached hydrogens (tertiary/aromatic N) is 2. The van der Waals surface area contributed by atoms with E-state index in [1.165, 1.54) is 7.11 Å². The van der Waals surface area contributed by atoms with Crippen LogP contribution >= 0.6 is 0 Å². The molecule has 0 bridgehead atoms. The first-order valence-corrected chi connectivity index (χ1v) is 13.3. The Labute approximate surface area is 226 Å². The van der Waals surface area contributed by atoms with Gasteiger partial charge in [0.1, 0.15) is 11.9 Å². The lowest BCUT2D eigenvalue weighted by Crippen LogP contribution is -2.51. The Balaban J connectivity index is 1.54. The van der Waals surface area contributed by atoms with Crippen LogP contribution in [0.5, 0.6) is 0 Å². The number of aromatic nitrogens is 2. The number of rotatable bonds is 6. The third-order valence-electron chi connectivity index (χ3n) is 8.05. The van der Waals surface area contributed by atoms with E-state index in [0.717, 1.165) is 29.0 Å². The first-order chi connectivity index (χ1) is 17.6. The minimum Gasteiger partial charge on any atom is -0.453 e. The normalized spacial score (nSPS) is 22.5. The molecule has 1 aromatic carbocycles. The number of hydrogen-bond donors (Lipinski definition) is 2. The van der Waals surface area contributed by atoms with Gasteiger partial charge in [0, 0.05) is 6.54 Å². The van der Waals surface area contributed by atoms with Crippen LogP contribution < -0.4 is 10.8 Å². The third kappa shape index (κ3) is 5.47. The molecule has 2 aromatic rings. The monoisotopic (exact) mass is 524 g/mol. The summed E-state index contributed by atoms with van der Waals surface area (Å²) < 4.78 is 17.1. The summed E-state index contributed by atoms with van der Waals surface area (Å²) >= 11 is 0. The summed E-state index contributed by atoms with van der Waals surface area (Å²) in [5, 5.41) is 2.71. The molecule has 2 amide bonds. The van der Waals surface area contributed by atoms with Gasteiger partial charge in [-0.2, -0.15) is 0 Å². The van der Waals surface area contributed by atoms with Gasteiger partial charge >= 0.3 is 13.2 Å². The van der Waals surface area contributed by atoms with E-state index in [4.69, 9.17) is 14.0 Å². The number of carbonyl (C=O) groups excluding carboxylic acids is 2. The highest BCUT2D eigenvalue weighted by molar-refractivity contribution is 6.62. The zero-order valence-corrected chi connectivity index (χ0v) is 24.0. The van der Waals surface area contributed by atoms with Gasteiger partial charge in [-0.3, -0.25) is 4.79 Å². The minimum absolute atomic E-state index is 0.0927. The number of alkyl carbamates (subject to hydrolysis) is 1. The maximum absolute atomic E-state index is 13.6. The number of amides is 2. The van der Waals surface area contributed by atoms with E-state index in [1.807, 2.05) is 70.7 Å². The van der Waals surface area contributed by atoms with Crippen LogP contribution in [0, 0.1) is 11.3 Å². The van der Waals surface area contributed by atoms with Crippen LogP contribution in [0.15, 0.2) is 30.5 Å². The Morgan fingerprint density at radius 1 is 1.11 bits per heavy atom. The van der Waals surface area contributed by atoms with Crippen molar-refractivity contribution in [1.29, 1.82) is 0 Å². The minimum atomic E-state index is -0.684. The summed E-state index contributed by atoms with van der Waals surface area (Å²) in [5.74, 6) is 0.501. The predicted octanol–water partition coefficient (Wildman–Crippen LogP) is 4.06. The maximum Gasteiger partial charge on any atom is 0.494 e. The largest absolute Gasteiger partial charge is 0.494 e. The van der Waals surface area contributed by atoms with Crippen molar-refractivity contribution in [1.82, 2.24) is 20.2 Å². The second-order valence-corrected chi connectivity index (χ2v) is 12.6. The second kappa shape index (κ2) is 10.0. The highest BCUT2D eigenvalue weighted by Gasteiger charge is 2.51. The average Bonchev–Trinajstić information content (AvgIpc) is 3.50. The van der Waals surface area contributed by atoms with Gasteiger partial charge < -0.3 is 29.2 Å². The van der Waals surface area contributed by atoms with E-state index < -0.39 is 30.5 Å². The molecule has 0 spiro atoms. The van der Waals surface area contributed by atoms with Crippen LogP contribution in [0.3, 0.4) is 0 Å². The van der Waals surface area contributed by atoms with Gasteiger partial charge in [-0.25, -0.2) is 9.78 Å². The Kier molecular flexibility index (Phi) is 7.44. The van der Waals surface area contributed by atoms with Crippen LogP contribution in [-0.2, 0) is 18.8 Å². The maximum atomic E-state index is 13.6. The number of nitrogens with one attached hydrogen (secondary N) is 2. The standard InChI is InChI=1S/C28H41BN4O5/c1-17(2)22(32-25(35)36-9)24(34)33-16-26(3,4)14-21(33)23-30-15-20(31-23)18-10-12-19(13-11-18)29-37-27(5,6)28(7,8)38-29/h10-13,15,17,21-22H,14,16H2,1-9H3,(H,30,31)(H,32,35)/t21-,22-/m0/s1. The van der Waals surface area contributed by atoms with Crippen molar-refractivity contribution >= 4 is 24.6 Å². The van der Waals surface area contributed by atoms with Crippen molar-refractivity contribution in [3.63, 3.8) is 0 Å². The molecular formula is C28H41BN4O5. The molecule has 10 heteroatoms. The number of benzene rings is 1. The van der Waals surface area contributed by atoms with E-state index in [0.29, 0.717) is 6.54 Å². The van der Waals surface area contributed by atoms with Crippen molar-refractivity contribution < 1.29 is 23.6 Å². The first-order valence-electron chi connectivity index (χ1n) is 13.3. The summed E-state index contributed by atoms with van der Waals surface area (Å²) in [4.78, 5) is 35.5. The predicted molar refractivity (Wildman–Crippen MR) is 147 cm³/mol. The quantitative estimate of drug-likeness (QED) is 0.553. The van der Waals surface area contributed by atoms with Gasteiger partial charge in [0.25, 0.3) is 0 Å². The summed E-state index contributed by atoms with van der Waals surface area (Å²) in [6.07, 6.45) is 1.95. The molecule has 0 saturated carbocycles. The lowest BCUT2D eigenvalue weighted by Gasteiger charge is -2.32. The lowest BCUT2D eigenvalue weighted by molar-refractivity contribution is -0.135. The molecule has 206 valence electrons. The summed E-state index contributed by atoms with van der Waals surface area (Å²) in [6.45, 7) is 16.8. The molecule has 2 aliphatic heterocycles. The van der Waals surface area contributed by atoms with E-state index in [2.05, 4.69) is 29.1 Å². The number of carbonyl (C=O) groups is 2. The van der Waals surface area contributed by atoms with Crippen LogP contribution in [0.1, 0.15) is 73.7 Å². The summed E-state index contributed by atoms with van der Waals surface area (Å²) in [6, 6.07) is 7.16. The zero-order chi connectivity index (χ0) is 28.0. The molecular weight excluding hydrogens is 483 g/mol. The number of likely N-dealkylation sites (tertiary alicyclic amines) is 1. The number of hydrogen-bond acceptors (Lipinski definition) is 6. The number of ether oxygens (including phenoxy) is 1. The van der Waals surface area contributed by atoms with Gasteiger partial charge in [0.2, 0.25) is 5.91 Å². The molecule has 0 aliphatic carbocycles. The molecule has 4 rings (SSSR count). The number of H-pyrrole nitrogens is 1. The molecule has 2 aliphatic rings. The smallest absolute Gasteiger partial charge is 0.453 e. The van der Waals surface area contributed by atoms with Crippen molar-refractivity contribution in [3.05, 3.63) is 36.3 Å². The van der Waals surface area contributed by atoms with E-state index in [1.54, 1.807) is 6.20 Å². The molecule has 2 N–H and O–H groups in total. The molecule has 2 saturated heterocycles. The van der Waals surface area contributed by atoms with Gasteiger partial charge in [-0.05, 0) is 56.5 Å². The van der Waals surface area contributed by atoms with Crippen LogP contribution in [-0.4, -0.2) is 64.9 Å². The molecule has 9 nitrogen and oxygen atoms in total. The number of imidazole rings is 1. The fourth-order valence-corrected chi connectivity index (χ4v) is 5.08. The molecule has 1 aromatic heterocycles. The highest BCUT2D eigenvalue weighted by atomic mass is 16.7. The van der Waals surface area contributed by atoms with Gasteiger partial charge in [-0.1, -0.05) is 52.0 Å². The van der Waals surface area contributed by atoms with Crippen molar-refractivity contribution in [3.8, 4) is 11.3 Å². The van der Waals surface area contributed by atoms with Gasteiger partial charge in [-0.15, -0.1) is 0 Å². The van der Waals surface area contributed by atoms with Crippen LogP contribution in [0.25, 0.3) is 11.3 Å². The van der Waals surface area contributed by atoms with Crippen LogP contribution in [0.2, 0.25) is 0 Å². The summed E-state index contributed by atoms with van der Waals surface area (Å²) in [7, 11) is 0.879.